The van der Waals surface area contributed by atoms with Crippen molar-refractivity contribution in [2.45, 2.75) is 46.1 Å². The van der Waals surface area contributed by atoms with Crippen molar-refractivity contribution in [3.8, 4) is 0 Å². The molecule has 0 bridgehead atoms. The van der Waals surface area contributed by atoms with Crippen molar-refractivity contribution in [3.05, 3.63) is 73.3 Å². The molecule has 0 spiro atoms. The van der Waals surface area contributed by atoms with Crippen molar-refractivity contribution in [2.24, 2.45) is 11.8 Å². The summed E-state index contributed by atoms with van der Waals surface area (Å²) < 4.78 is 6.98. The lowest BCUT2D eigenvalue weighted by atomic mass is 9.98. The summed E-state index contributed by atoms with van der Waals surface area (Å²) in [4.78, 5) is 0. The molecule has 0 saturated carbocycles. The Labute approximate surface area is 161 Å². The van der Waals surface area contributed by atoms with Gasteiger partial charge in [0.15, 0.2) is 0 Å². The van der Waals surface area contributed by atoms with E-state index in [1.165, 1.54) is 10.4 Å². The lowest BCUT2D eigenvalue weighted by Crippen LogP contribution is -2.66. The fourth-order valence-corrected chi connectivity index (χ4v) is 8.52. The van der Waals surface area contributed by atoms with Crippen LogP contribution in [0.5, 0.6) is 0 Å². The van der Waals surface area contributed by atoms with Gasteiger partial charge in [0.25, 0.3) is 8.32 Å². The first kappa shape index (κ1) is 20.7. The molecule has 0 heterocycles. The predicted molar refractivity (Wildman–Crippen MR) is 117 cm³/mol. The fourth-order valence-electron chi connectivity index (χ4n) is 3.83. The molecule has 0 unspecified atom stereocenters. The van der Waals surface area contributed by atoms with Crippen molar-refractivity contribution in [3.63, 3.8) is 0 Å². The SMILES string of the molecule is C=C[C@@H](C)C[C@@H](C)CO[Si](c1ccccc1)(c1ccccc1)C(C)(C)C. The molecule has 1 nitrogen and oxygen atoms in total. The Hall–Kier alpha value is -1.64. The van der Waals surface area contributed by atoms with E-state index in [0.29, 0.717) is 11.8 Å². The molecule has 26 heavy (non-hydrogen) atoms. The second-order valence-corrected chi connectivity index (χ2v) is 12.8. The maximum absolute atomic E-state index is 6.98. The quantitative estimate of drug-likeness (QED) is 0.448. The van der Waals surface area contributed by atoms with E-state index in [1.807, 2.05) is 6.08 Å². The van der Waals surface area contributed by atoms with Crippen LogP contribution in [0.4, 0.5) is 0 Å². The van der Waals surface area contributed by atoms with Crippen LogP contribution in [0, 0.1) is 11.8 Å². The Bertz CT molecular complexity index is 633. The minimum Gasteiger partial charge on any atom is -0.407 e. The van der Waals surface area contributed by atoms with Crippen LogP contribution in [0.2, 0.25) is 5.04 Å². The maximum atomic E-state index is 6.98. The van der Waals surface area contributed by atoms with Crippen molar-refractivity contribution >= 4 is 18.7 Å². The molecule has 0 amide bonds. The highest BCUT2D eigenvalue weighted by atomic mass is 28.4. The van der Waals surface area contributed by atoms with Gasteiger partial charge in [-0.25, -0.2) is 0 Å². The van der Waals surface area contributed by atoms with Crippen molar-refractivity contribution in [2.75, 3.05) is 6.61 Å². The van der Waals surface area contributed by atoms with Crippen LogP contribution in [0.1, 0.15) is 41.0 Å². The first-order valence-corrected chi connectivity index (χ1v) is 11.6. The summed E-state index contributed by atoms with van der Waals surface area (Å²) in [5.41, 5.74) is 0. The van der Waals surface area contributed by atoms with Gasteiger partial charge in [0, 0.05) is 6.61 Å². The van der Waals surface area contributed by atoms with Crippen LogP contribution in [-0.2, 0) is 4.43 Å². The van der Waals surface area contributed by atoms with Crippen LogP contribution in [-0.4, -0.2) is 14.9 Å². The third-order valence-electron chi connectivity index (χ3n) is 5.18. The van der Waals surface area contributed by atoms with E-state index in [-0.39, 0.29) is 5.04 Å². The highest BCUT2D eigenvalue weighted by Crippen LogP contribution is 2.37. The van der Waals surface area contributed by atoms with Gasteiger partial charge in [-0.15, -0.1) is 6.58 Å². The van der Waals surface area contributed by atoms with Crippen LogP contribution in [0.15, 0.2) is 73.3 Å². The Kier molecular flexibility index (Phi) is 7.02. The third-order valence-corrected chi connectivity index (χ3v) is 10.2. The van der Waals surface area contributed by atoms with E-state index < -0.39 is 8.32 Å². The smallest absolute Gasteiger partial charge is 0.261 e. The first-order valence-electron chi connectivity index (χ1n) is 9.69. The van der Waals surface area contributed by atoms with Gasteiger partial charge in [0.2, 0.25) is 0 Å². The summed E-state index contributed by atoms with van der Waals surface area (Å²) >= 11 is 0. The standard InChI is InChI=1S/C24H34OSi/c1-7-20(2)18-21(3)19-25-26(24(4,5)6,22-14-10-8-11-15-22)23-16-12-9-13-17-23/h7-17,20-21H,1,18-19H2,2-6H3/t20-,21-/m1/s1. The van der Waals surface area contributed by atoms with Crippen LogP contribution in [0.3, 0.4) is 0 Å². The molecule has 2 rings (SSSR count). The molecule has 0 saturated heterocycles. The van der Waals surface area contributed by atoms with Crippen LogP contribution < -0.4 is 10.4 Å². The van der Waals surface area contributed by atoms with Crippen molar-refractivity contribution in [1.82, 2.24) is 0 Å². The molecule has 0 aromatic heterocycles. The summed E-state index contributed by atoms with van der Waals surface area (Å²) in [5.74, 6) is 1.03. The van der Waals surface area contributed by atoms with Gasteiger partial charge in [-0.05, 0) is 33.7 Å². The van der Waals surface area contributed by atoms with Gasteiger partial charge in [-0.2, -0.15) is 0 Å². The minimum atomic E-state index is -2.40. The first-order chi connectivity index (χ1) is 12.3. The molecule has 0 aliphatic carbocycles. The fraction of sp³-hybridized carbons (Fsp3) is 0.417. The van der Waals surface area contributed by atoms with Gasteiger partial charge < -0.3 is 4.43 Å². The molecular formula is C24H34OSi. The van der Waals surface area contributed by atoms with Crippen LogP contribution >= 0.6 is 0 Å². The van der Waals surface area contributed by atoms with Crippen LogP contribution in [0.25, 0.3) is 0 Å². The van der Waals surface area contributed by atoms with Gasteiger partial charge >= 0.3 is 0 Å². The molecule has 2 atom stereocenters. The number of hydrogen-bond donors (Lipinski definition) is 0. The summed E-state index contributed by atoms with van der Waals surface area (Å²) in [6, 6.07) is 21.7. The molecule has 0 radical (unpaired) electrons. The largest absolute Gasteiger partial charge is 0.407 e. The topological polar surface area (TPSA) is 9.23 Å². The van der Waals surface area contributed by atoms with Gasteiger partial charge in [-0.1, -0.05) is 101 Å². The molecule has 0 aliphatic rings. The van der Waals surface area contributed by atoms with Crippen molar-refractivity contribution < 1.29 is 4.43 Å². The summed E-state index contributed by atoms with van der Waals surface area (Å²) in [6.07, 6.45) is 3.15. The highest BCUT2D eigenvalue weighted by molar-refractivity contribution is 6.99. The molecule has 140 valence electrons. The molecule has 0 aliphatic heterocycles. The van der Waals surface area contributed by atoms with E-state index in [0.717, 1.165) is 13.0 Å². The predicted octanol–water partition coefficient (Wildman–Crippen LogP) is 5.41. The third kappa shape index (κ3) is 4.55. The van der Waals surface area contributed by atoms with E-state index >= 15 is 0 Å². The average molecular weight is 367 g/mol. The molecular weight excluding hydrogens is 332 g/mol. The lowest BCUT2D eigenvalue weighted by molar-refractivity contribution is 0.230. The number of allylic oxidation sites excluding steroid dienone is 1. The van der Waals surface area contributed by atoms with E-state index in [2.05, 4.69) is 102 Å². The average Bonchev–Trinajstić information content (AvgIpc) is 2.62. The monoisotopic (exact) mass is 366 g/mol. The second kappa shape index (κ2) is 8.83. The van der Waals surface area contributed by atoms with Crippen molar-refractivity contribution in [1.29, 1.82) is 0 Å². The Morgan fingerprint density at radius 1 is 0.923 bits per heavy atom. The Morgan fingerprint density at radius 3 is 1.77 bits per heavy atom. The van der Waals surface area contributed by atoms with E-state index in [4.69, 9.17) is 4.43 Å². The van der Waals surface area contributed by atoms with Gasteiger partial charge in [-0.3, -0.25) is 0 Å². The van der Waals surface area contributed by atoms with E-state index in [1.54, 1.807) is 0 Å². The zero-order chi connectivity index (χ0) is 19.2. The van der Waals surface area contributed by atoms with Gasteiger partial charge in [0.05, 0.1) is 0 Å². The zero-order valence-corrected chi connectivity index (χ0v) is 18.0. The molecule has 0 fully saturated rings. The molecule has 2 aromatic carbocycles. The summed E-state index contributed by atoms with van der Waals surface area (Å²) in [7, 11) is -2.40. The van der Waals surface area contributed by atoms with Gasteiger partial charge in [0.1, 0.15) is 0 Å². The minimum absolute atomic E-state index is 0.0412. The normalized spacial score (nSPS) is 14.7. The second-order valence-electron chi connectivity index (χ2n) is 8.53. The summed E-state index contributed by atoms with van der Waals surface area (Å²) in [5, 5.41) is 2.74. The number of benzene rings is 2. The lowest BCUT2D eigenvalue weighted by Gasteiger charge is -2.43. The number of hydrogen-bond acceptors (Lipinski definition) is 1. The zero-order valence-electron chi connectivity index (χ0n) is 17.0. The highest BCUT2D eigenvalue weighted by Gasteiger charge is 2.50. The molecule has 0 N–H and O–H groups in total. The Morgan fingerprint density at radius 2 is 1.38 bits per heavy atom. The van der Waals surface area contributed by atoms with E-state index in [9.17, 15) is 0 Å². The summed E-state index contributed by atoms with van der Waals surface area (Å²) in [6.45, 7) is 16.2. The molecule has 2 aromatic rings. The number of rotatable bonds is 8. The molecule has 2 heteroatoms. The maximum Gasteiger partial charge on any atom is 0.261 e. The Balaban J connectivity index is 2.45.